The van der Waals surface area contributed by atoms with E-state index in [1.165, 1.54) is 0 Å². The largest absolute Gasteiger partial charge is 0.336 e. The van der Waals surface area contributed by atoms with E-state index in [1.54, 1.807) is 0 Å². The van der Waals surface area contributed by atoms with Gasteiger partial charge in [-0.05, 0) is 34.1 Å². The Morgan fingerprint density at radius 2 is 1.89 bits per heavy atom. The number of hydrogen-bond donors (Lipinski definition) is 2. The van der Waals surface area contributed by atoms with Gasteiger partial charge in [0.2, 0.25) is 0 Å². The molecule has 2 aliphatic heterocycles. The van der Waals surface area contributed by atoms with E-state index in [0.717, 1.165) is 39.1 Å². The number of nitrogens with one attached hydrogen (secondary N) is 2. The van der Waals surface area contributed by atoms with Gasteiger partial charge < -0.3 is 15.5 Å². The van der Waals surface area contributed by atoms with E-state index >= 15 is 0 Å². The minimum absolute atomic E-state index is 0.0811. The van der Waals surface area contributed by atoms with Gasteiger partial charge in [0.25, 0.3) is 0 Å². The van der Waals surface area contributed by atoms with Crippen molar-refractivity contribution in [3.05, 3.63) is 0 Å². The topological polar surface area (TPSA) is 47.6 Å². The van der Waals surface area contributed by atoms with Gasteiger partial charge in [0.15, 0.2) is 0 Å². The van der Waals surface area contributed by atoms with Crippen molar-refractivity contribution in [2.45, 2.75) is 51.7 Å². The molecule has 0 aliphatic carbocycles. The lowest BCUT2D eigenvalue weighted by Crippen LogP contribution is -2.59. The van der Waals surface area contributed by atoms with E-state index in [-0.39, 0.29) is 17.6 Å². The van der Waals surface area contributed by atoms with Gasteiger partial charge in [-0.3, -0.25) is 4.90 Å². The molecular formula is C14H28N4O. The maximum absolute atomic E-state index is 12.3. The zero-order valence-corrected chi connectivity index (χ0v) is 12.7. The molecule has 2 N–H and O–H groups in total. The molecule has 0 radical (unpaired) electrons. The highest BCUT2D eigenvalue weighted by molar-refractivity contribution is 5.75. The summed E-state index contributed by atoms with van der Waals surface area (Å²) in [6.07, 6.45) is 1.08. The molecule has 1 unspecified atom stereocenters. The lowest BCUT2D eigenvalue weighted by molar-refractivity contribution is 0.0856. The van der Waals surface area contributed by atoms with Gasteiger partial charge in [0, 0.05) is 44.8 Å². The second kappa shape index (κ2) is 5.67. The highest BCUT2D eigenvalue weighted by Gasteiger charge is 2.46. The third-order valence-electron chi connectivity index (χ3n) is 4.39. The Balaban J connectivity index is 2.03. The van der Waals surface area contributed by atoms with Crippen molar-refractivity contribution in [1.29, 1.82) is 0 Å². The first-order valence-corrected chi connectivity index (χ1v) is 7.46. The third-order valence-corrected chi connectivity index (χ3v) is 4.39. The van der Waals surface area contributed by atoms with Crippen molar-refractivity contribution >= 4 is 6.03 Å². The standard InChI is InChI=1S/C14H28N4O/c1-11(2)16-13(19)18-8-5-12(14(18,3)4)17-9-6-15-7-10-17/h11-12,15H,5-10H2,1-4H3,(H,16,19). The third kappa shape index (κ3) is 3.03. The fourth-order valence-electron chi connectivity index (χ4n) is 3.38. The predicted octanol–water partition coefficient (Wildman–Crippen LogP) is 0.863. The van der Waals surface area contributed by atoms with E-state index in [4.69, 9.17) is 0 Å². The number of nitrogens with zero attached hydrogens (tertiary/aromatic N) is 2. The zero-order valence-electron chi connectivity index (χ0n) is 12.7. The van der Waals surface area contributed by atoms with Gasteiger partial charge in [0.05, 0.1) is 5.54 Å². The minimum Gasteiger partial charge on any atom is -0.336 e. The van der Waals surface area contributed by atoms with Gasteiger partial charge in [-0.1, -0.05) is 0 Å². The number of likely N-dealkylation sites (tertiary alicyclic amines) is 1. The maximum Gasteiger partial charge on any atom is 0.318 e. The molecule has 2 fully saturated rings. The molecule has 110 valence electrons. The zero-order chi connectivity index (χ0) is 14.0. The summed E-state index contributed by atoms with van der Waals surface area (Å²) in [5.74, 6) is 0. The first kappa shape index (κ1) is 14.6. The Morgan fingerprint density at radius 1 is 1.26 bits per heavy atom. The number of piperazine rings is 1. The van der Waals surface area contributed by atoms with Crippen LogP contribution in [0.4, 0.5) is 4.79 Å². The quantitative estimate of drug-likeness (QED) is 0.781. The molecule has 2 aliphatic rings. The van der Waals surface area contributed by atoms with Crippen LogP contribution < -0.4 is 10.6 Å². The summed E-state index contributed by atoms with van der Waals surface area (Å²) in [5.41, 5.74) is -0.0870. The van der Waals surface area contributed by atoms with Gasteiger partial charge in [-0.2, -0.15) is 0 Å². The monoisotopic (exact) mass is 268 g/mol. The number of carbonyl (C=O) groups excluding carboxylic acids is 1. The summed E-state index contributed by atoms with van der Waals surface area (Å²) in [6, 6.07) is 0.756. The molecule has 5 heteroatoms. The summed E-state index contributed by atoms with van der Waals surface area (Å²) in [6.45, 7) is 13.6. The lowest BCUT2D eigenvalue weighted by Gasteiger charge is -2.43. The van der Waals surface area contributed by atoms with Gasteiger partial charge in [-0.25, -0.2) is 4.79 Å². The molecule has 5 nitrogen and oxygen atoms in total. The molecule has 1 atom stereocenters. The van der Waals surface area contributed by atoms with Crippen LogP contribution in [-0.4, -0.2) is 66.2 Å². The van der Waals surface area contributed by atoms with Crippen LogP contribution >= 0.6 is 0 Å². The second-order valence-electron chi connectivity index (χ2n) is 6.50. The van der Waals surface area contributed by atoms with E-state index in [1.807, 2.05) is 18.7 Å². The van der Waals surface area contributed by atoms with Crippen LogP contribution in [0.1, 0.15) is 34.1 Å². The molecule has 0 bridgehead atoms. The Labute approximate surface area is 116 Å². The van der Waals surface area contributed by atoms with Crippen LogP contribution in [-0.2, 0) is 0 Å². The number of urea groups is 1. The highest BCUT2D eigenvalue weighted by atomic mass is 16.2. The van der Waals surface area contributed by atoms with Crippen LogP contribution in [0.15, 0.2) is 0 Å². The molecule has 2 amide bonds. The molecule has 2 saturated heterocycles. The Morgan fingerprint density at radius 3 is 2.47 bits per heavy atom. The summed E-state index contributed by atoms with van der Waals surface area (Å²) >= 11 is 0. The summed E-state index contributed by atoms with van der Waals surface area (Å²) in [7, 11) is 0. The van der Waals surface area contributed by atoms with Crippen molar-refractivity contribution < 1.29 is 4.79 Å². The number of rotatable bonds is 2. The van der Waals surface area contributed by atoms with Crippen LogP contribution in [0.2, 0.25) is 0 Å². The van der Waals surface area contributed by atoms with E-state index in [9.17, 15) is 4.79 Å². The van der Waals surface area contributed by atoms with E-state index in [0.29, 0.717) is 6.04 Å². The number of amides is 2. The molecule has 0 spiro atoms. The summed E-state index contributed by atoms with van der Waals surface area (Å²) in [5, 5.41) is 6.41. The fourth-order valence-corrected chi connectivity index (χ4v) is 3.38. The molecule has 0 aromatic heterocycles. The van der Waals surface area contributed by atoms with Gasteiger partial charge >= 0.3 is 6.03 Å². The van der Waals surface area contributed by atoms with Crippen LogP contribution in [0.5, 0.6) is 0 Å². The smallest absolute Gasteiger partial charge is 0.318 e. The van der Waals surface area contributed by atoms with Crippen LogP contribution in [0.25, 0.3) is 0 Å². The van der Waals surface area contributed by atoms with Crippen molar-refractivity contribution in [3.63, 3.8) is 0 Å². The first-order valence-electron chi connectivity index (χ1n) is 7.46. The van der Waals surface area contributed by atoms with Crippen molar-refractivity contribution in [2.24, 2.45) is 0 Å². The Hall–Kier alpha value is -0.810. The molecule has 0 aromatic rings. The van der Waals surface area contributed by atoms with Crippen molar-refractivity contribution in [3.8, 4) is 0 Å². The summed E-state index contributed by atoms with van der Waals surface area (Å²) < 4.78 is 0. The number of carbonyl (C=O) groups is 1. The minimum atomic E-state index is -0.0870. The Bertz CT molecular complexity index is 323. The average Bonchev–Trinajstić information content (AvgIpc) is 2.65. The fraction of sp³-hybridized carbons (Fsp3) is 0.929. The first-order chi connectivity index (χ1) is 8.93. The molecular weight excluding hydrogens is 240 g/mol. The predicted molar refractivity (Wildman–Crippen MR) is 77.3 cm³/mol. The van der Waals surface area contributed by atoms with Crippen molar-refractivity contribution in [2.75, 3.05) is 32.7 Å². The Kier molecular flexibility index (Phi) is 4.36. The van der Waals surface area contributed by atoms with Crippen LogP contribution in [0, 0.1) is 0 Å². The molecule has 2 heterocycles. The lowest BCUT2D eigenvalue weighted by atomic mass is 9.94. The normalized spacial score (nSPS) is 27.8. The van der Waals surface area contributed by atoms with E-state index in [2.05, 4.69) is 29.4 Å². The highest BCUT2D eigenvalue weighted by Crippen LogP contribution is 2.33. The molecule has 0 saturated carbocycles. The van der Waals surface area contributed by atoms with E-state index < -0.39 is 0 Å². The summed E-state index contributed by atoms with van der Waals surface area (Å²) in [4.78, 5) is 16.8. The molecule has 0 aromatic carbocycles. The van der Waals surface area contributed by atoms with Crippen LogP contribution in [0.3, 0.4) is 0 Å². The molecule has 2 rings (SSSR count). The van der Waals surface area contributed by atoms with Gasteiger partial charge in [-0.15, -0.1) is 0 Å². The number of hydrogen-bond acceptors (Lipinski definition) is 3. The second-order valence-corrected chi connectivity index (χ2v) is 6.50. The maximum atomic E-state index is 12.3. The average molecular weight is 268 g/mol. The molecule has 19 heavy (non-hydrogen) atoms. The van der Waals surface area contributed by atoms with Crippen molar-refractivity contribution in [1.82, 2.24) is 20.4 Å². The SMILES string of the molecule is CC(C)NC(=O)N1CCC(N2CCNCC2)C1(C)C. The van der Waals surface area contributed by atoms with Gasteiger partial charge in [0.1, 0.15) is 0 Å².